The number of nitrogens with one attached hydrogen (secondary N) is 1. The van der Waals surface area contributed by atoms with Crippen LogP contribution in [0.1, 0.15) is 42.4 Å². The summed E-state index contributed by atoms with van der Waals surface area (Å²) in [5.74, 6) is 2.95. The van der Waals surface area contributed by atoms with Crippen LogP contribution >= 0.6 is 0 Å². The van der Waals surface area contributed by atoms with E-state index in [4.69, 9.17) is 12.2 Å². The lowest BCUT2D eigenvalue weighted by Crippen LogP contribution is -2.34. The van der Waals surface area contributed by atoms with Crippen LogP contribution in [0.4, 0.5) is 5.69 Å². The van der Waals surface area contributed by atoms with Crippen LogP contribution in [0.25, 0.3) is 0 Å². The largest absolute Gasteiger partial charge is 0.395 e. The van der Waals surface area contributed by atoms with E-state index in [-0.39, 0.29) is 5.91 Å². The summed E-state index contributed by atoms with van der Waals surface area (Å²) < 4.78 is 0. The fourth-order valence-corrected chi connectivity index (χ4v) is 2.08. The maximum absolute atomic E-state index is 12.4. The van der Waals surface area contributed by atoms with Crippen LogP contribution in [-0.4, -0.2) is 34.1 Å². The zero-order valence-electron chi connectivity index (χ0n) is 11.3. The molecule has 0 spiro atoms. The van der Waals surface area contributed by atoms with Crippen molar-refractivity contribution in [2.75, 3.05) is 18.8 Å². The summed E-state index contributed by atoms with van der Waals surface area (Å²) >= 11 is 0. The normalized spacial score (nSPS) is 14.1. The molecule has 0 bridgehead atoms. The molecule has 0 aromatic carbocycles. The van der Waals surface area contributed by atoms with Gasteiger partial charge in [0, 0.05) is 6.54 Å². The summed E-state index contributed by atoms with van der Waals surface area (Å²) in [5.41, 5.74) is 7.58. The quantitative estimate of drug-likeness (QED) is 0.760. The minimum atomic E-state index is -0.166. The fourth-order valence-electron chi connectivity index (χ4n) is 2.08. The first-order valence-corrected chi connectivity index (χ1v) is 6.72. The minimum Gasteiger partial charge on any atom is -0.395 e. The zero-order valence-corrected chi connectivity index (χ0v) is 11.3. The summed E-state index contributed by atoms with van der Waals surface area (Å²) in [7, 11) is 0. The lowest BCUT2D eigenvalue weighted by Gasteiger charge is -2.19. The lowest BCUT2D eigenvalue weighted by molar-refractivity contribution is 0.0765. The molecule has 1 aromatic heterocycles. The number of amides is 1. The molecule has 0 aliphatic heterocycles. The van der Waals surface area contributed by atoms with Crippen LogP contribution < -0.4 is 5.73 Å². The third-order valence-electron chi connectivity index (χ3n) is 3.33. The smallest absolute Gasteiger partial charge is 0.277 e. The molecule has 1 saturated carbocycles. The minimum absolute atomic E-state index is 0.166. The number of terminal acetylenes is 1. The van der Waals surface area contributed by atoms with Crippen LogP contribution in [0.2, 0.25) is 0 Å². The lowest BCUT2D eigenvalue weighted by atomic mass is 10.2. The molecular weight excluding hydrogens is 240 g/mol. The number of H-pyrrole nitrogens is 1. The Labute approximate surface area is 113 Å². The molecule has 1 heterocycles. The third kappa shape index (κ3) is 3.08. The van der Waals surface area contributed by atoms with Gasteiger partial charge in [0.15, 0.2) is 5.69 Å². The van der Waals surface area contributed by atoms with Gasteiger partial charge in [0.25, 0.3) is 5.91 Å². The van der Waals surface area contributed by atoms with Crippen molar-refractivity contribution in [1.82, 2.24) is 15.1 Å². The first kappa shape index (κ1) is 13.5. The van der Waals surface area contributed by atoms with E-state index >= 15 is 0 Å². The van der Waals surface area contributed by atoms with Gasteiger partial charge in [-0.05, 0) is 25.2 Å². The molecule has 5 heteroatoms. The molecule has 1 aliphatic carbocycles. The number of carbonyl (C=O) groups is 1. The van der Waals surface area contributed by atoms with E-state index in [9.17, 15) is 4.79 Å². The molecule has 0 atom stereocenters. The van der Waals surface area contributed by atoms with Gasteiger partial charge < -0.3 is 10.6 Å². The summed E-state index contributed by atoms with van der Waals surface area (Å²) in [4.78, 5) is 14.1. The maximum atomic E-state index is 12.4. The van der Waals surface area contributed by atoms with Gasteiger partial charge in [0.05, 0.1) is 17.9 Å². The van der Waals surface area contributed by atoms with Gasteiger partial charge in [-0.3, -0.25) is 9.89 Å². The highest BCUT2D eigenvalue weighted by atomic mass is 16.2. The molecule has 2 rings (SSSR count). The van der Waals surface area contributed by atoms with Crippen molar-refractivity contribution in [2.24, 2.45) is 5.92 Å². The van der Waals surface area contributed by atoms with Crippen LogP contribution in [-0.2, 0) is 6.42 Å². The Morgan fingerprint density at radius 2 is 2.37 bits per heavy atom. The Morgan fingerprint density at radius 3 is 2.95 bits per heavy atom. The number of anilines is 1. The Morgan fingerprint density at radius 1 is 1.63 bits per heavy atom. The molecule has 0 saturated heterocycles. The molecule has 1 aliphatic rings. The van der Waals surface area contributed by atoms with E-state index in [0.29, 0.717) is 30.4 Å². The van der Waals surface area contributed by atoms with Crippen molar-refractivity contribution in [3.8, 4) is 12.3 Å². The molecule has 0 unspecified atom stereocenters. The SMILES string of the molecule is C#CCN(CC1CC1)C(=O)c1n[nH]c(CCC)c1N. The second-order valence-electron chi connectivity index (χ2n) is 5.05. The molecule has 1 aromatic rings. The number of aromatic nitrogens is 2. The van der Waals surface area contributed by atoms with E-state index in [0.717, 1.165) is 18.5 Å². The van der Waals surface area contributed by atoms with E-state index in [1.54, 1.807) is 4.90 Å². The van der Waals surface area contributed by atoms with Gasteiger partial charge in [0.1, 0.15) is 0 Å². The molecule has 3 N–H and O–H groups in total. The summed E-state index contributed by atoms with van der Waals surface area (Å²) in [6.45, 7) is 3.07. The highest BCUT2D eigenvalue weighted by molar-refractivity contribution is 5.97. The number of hydrogen-bond donors (Lipinski definition) is 2. The molecule has 1 amide bonds. The van der Waals surface area contributed by atoms with Gasteiger partial charge in [0.2, 0.25) is 0 Å². The van der Waals surface area contributed by atoms with Crippen molar-refractivity contribution in [1.29, 1.82) is 0 Å². The van der Waals surface area contributed by atoms with E-state index < -0.39 is 0 Å². The Bertz CT molecular complexity index is 496. The number of rotatable bonds is 6. The van der Waals surface area contributed by atoms with E-state index in [2.05, 4.69) is 23.0 Å². The van der Waals surface area contributed by atoms with Gasteiger partial charge in [-0.1, -0.05) is 19.3 Å². The van der Waals surface area contributed by atoms with Gasteiger partial charge in [-0.2, -0.15) is 5.10 Å². The van der Waals surface area contributed by atoms with Crippen LogP contribution in [0.3, 0.4) is 0 Å². The molecule has 102 valence electrons. The monoisotopic (exact) mass is 260 g/mol. The van der Waals surface area contributed by atoms with Gasteiger partial charge >= 0.3 is 0 Å². The highest BCUT2D eigenvalue weighted by Crippen LogP contribution is 2.30. The second-order valence-corrected chi connectivity index (χ2v) is 5.05. The number of nitrogens with zero attached hydrogens (tertiary/aromatic N) is 2. The molecule has 0 radical (unpaired) electrons. The Balaban J connectivity index is 2.13. The average molecular weight is 260 g/mol. The zero-order chi connectivity index (χ0) is 13.8. The van der Waals surface area contributed by atoms with Gasteiger partial charge in [-0.25, -0.2) is 0 Å². The number of nitrogens with two attached hydrogens (primary N) is 1. The van der Waals surface area contributed by atoms with E-state index in [1.165, 1.54) is 12.8 Å². The molecule has 19 heavy (non-hydrogen) atoms. The van der Waals surface area contributed by atoms with Crippen molar-refractivity contribution >= 4 is 11.6 Å². The molecular formula is C14H20N4O. The maximum Gasteiger partial charge on any atom is 0.277 e. The number of aryl methyl sites for hydroxylation is 1. The first-order valence-electron chi connectivity index (χ1n) is 6.72. The predicted molar refractivity (Wildman–Crippen MR) is 74.5 cm³/mol. The number of hydrogen-bond acceptors (Lipinski definition) is 3. The van der Waals surface area contributed by atoms with E-state index in [1.807, 2.05) is 0 Å². The van der Waals surface area contributed by atoms with Crippen LogP contribution in [0.15, 0.2) is 0 Å². The number of aromatic amines is 1. The summed E-state index contributed by atoms with van der Waals surface area (Å²) in [5, 5.41) is 6.90. The van der Waals surface area contributed by atoms with Gasteiger partial charge in [-0.15, -0.1) is 6.42 Å². The highest BCUT2D eigenvalue weighted by Gasteiger charge is 2.29. The van der Waals surface area contributed by atoms with Crippen molar-refractivity contribution in [3.63, 3.8) is 0 Å². The fraction of sp³-hybridized carbons (Fsp3) is 0.571. The number of nitrogen functional groups attached to an aromatic ring is 1. The third-order valence-corrected chi connectivity index (χ3v) is 3.33. The average Bonchev–Trinajstić information content (AvgIpc) is 3.14. The number of carbonyl (C=O) groups excluding carboxylic acids is 1. The summed E-state index contributed by atoms with van der Waals surface area (Å²) in [6.07, 6.45) is 9.42. The predicted octanol–water partition coefficient (Wildman–Crippen LogP) is 1.43. The topological polar surface area (TPSA) is 75.0 Å². The van der Waals surface area contributed by atoms with Crippen LogP contribution in [0, 0.1) is 18.3 Å². The summed E-state index contributed by atoms with van der Waals surface area (Å²) in [6, 6.07) is 0. The Hall–Kier alpha value is -1.96. The van der Waals surface area contributed by atoms with Crippen LogP contribution in [0.5, 0.6) is 0 Å². The Kier molecular flexibility index (Phi) is 4.10. The van der Waals surface area contributed by atoms with Crippen molar-refractivity contribution < 1.29 is 4.79 Å². The van der Waals surface area contributed by atoms with Crippen molar-refractivity contribution in [2.45, 2.75) is 32.6 Å². The molecule has 1 fully saturated rings. The second kappa shape index (κ2) is 5.79. The van der Waals surface area contributed by atoms with Crippen molar-refractivity contribution in [3.05, 3.63) is 11.4 Å². The molecule has 5 nitrogen and oxygen atoms in total. The standard InChI is InChI=1S/C14H20N4O/c1-3-5-11-12(15)13(17-16-11)14(19)18(8-4-2)9-10-6-7-10/h2,10H,3,5-9,15H2,1H3,(H,16,17). The first-order chi connectivity index (χ1) is 9.17.